The minimum absolute atomic E-state index is 0.172. The van der Waals surface area contributed by atoms with Gasteiger partial charge in [-0.1, -0.05) is 12.1 Å². The van der Waals surface area contributed by atoms with Gasteiger partial charge >= 0.3 is 11.9 Å². The highest BCUT2D eigenvalue weighted by molar-refractivity contribution is 6.01. The average Bonchev–Trinajstić information content (AvgIpc) is 2.51. The maximum absolute atomic E-state index is 12.6. The number of anilines is 1. The number of hydrogen-bond donors (Lipinski definition) is 2. The van der Waals surface area contributed by atoms with Gasteiger partial charge in [0.2, 0.25) is 5.91 Å². The fourth-order valence-electron chi connectivity index (χ4n) is 2.16. The molecule has 0 atom stereocenters. The van der Waals surface area contributed by atoms with E-state index in [4.69, 9.17) is 14.6 Å². The molecule has 0 aromatic heterocycles. The summed E-state index contributed by atoms with van der Waals surface area (Å²) in [5, 5.41) is 11.2. The van der Waals surface area contributed by atoms with Crippen LogP contribution in [0, 0.1) is 0 Å². The second kappa shape index (κ2) is 9.50. The predicted molar refractivity (Wildman–Crippen MR) is 102 cm³/mol. The van der Waals surface area contributed by atoms with Gasteiger partial charge < -0.3 is 19.9 Å². The first-order valence-electron chi connectivity index (χ1n) is 8.88. The van der Waals surface area contributed by atoms with Gasteiger partial charge in [0.05, 0.1) is 29.9 Å². The van der Waals surface area contributed by atoms with E-state index in [1.807, 2.05) is 20.8 Å². The third-order valence-corrected chi connectivity index (χ3v) is 3.60. The first kappa shape index (κ1) is 22.6. The monoisotopic (exact) mass is 379 g/mol. The number of carbonyl (C=O) groups excluding carboxylic acids is 2. The smallest absolute Gasteiger partial charge is 0.340 e. The SMILES string of the molecule is CC(C)(C)OCCC(C)(C)OC(=O)c1ccccc1NC(=O)CCC(=O)O. The molecule has 0 saturated heterocycles. The third-order valence-electron chi connectivity index (χ3n) is 3.60. The first-order valence-corrected chi connectivity index (χ1v) is 8.88. The van der Waals surface area contributed by atoms with Gasteiger partial charge in [0, 0.05) is 12.8 Å². The lowest BCUT2D eigenvalue weighted by Gasteiger charge is -2.28. The number of esters is 1. The van der Waals surface area contributed by atoms with Crippen LogP contribution in [0.4, 0.5) is 5.69 Å². The molecule has 0 heterocycles. The van der Waals surface area contributed by atoms with Crippen LogP contribution in [0.1, 0.15) is 64.2 Å². The van der Waals surface area contributed by atoms with E-state index in [0.29, 0.717) is 18.7 Å². The second-order valence-electron chi connectivity index (χ2n) is 7.85. The fraction of sp³-hybridized carbons (Fsp3) is 0.550. The molecule has 7 heteroatoms. The molecular weight excluding hydrogens is 350 g/mol. The number of carbonyl (C=O) groups is 3. The molecule has 0 bridgehead atoms. The molecule has 0 fully saturated rings. The number of carboxylic acid groups (broad SMARTS) is 1. The molecule has 0 saturated carbocycles. The van der Waals surface area contributed by atoms with Crippen LogP contribution in [0.5, 0.6) is 0 Å². The van der Waals surface area contributed by atoms with Crippen molar-refractivity contribution >= 4 is 23.5 Å². The van der Waals surface area contributed by atoms with Crippen molar-refractivity contribution in [1.82, 2.24) is 0 Å². The van der Waals surface area contributed by atoms with E-state index in [0.717, 1.165) is 0 Å². The molecule has 150 valence electrons. The molecule has 0 aliphatic carbocycles. The molecule has 27 heavy (non-hydrogen) atoms. The molecule has 1 aromatic rings. The van der Waals surface area contributed by atoms with E-state index in [1.54, 1.807) is 38.1 Å². The molecular formula is C20H29NO6. The Bertz CT molecular complexity index is 675. The zero-order valence-electron chi connectivity index (χ0n) is 16.6. The van der Waals surface area contributed by atoms with Crippen LogP contribution >= 0.6 is 0 Å². The lowest BCUT2D eigenvalue weighted by molar-refractivity contribution is -0.138. The van der Waals surface area contributed by atoms with Crippen LogP contribution in [0.2, 0.25) is 0 Å². The van der Waals surface area contributed by atoms with Gasteiger partial charge in [-0.15, -0.1) is 0 Å². The van der Waals surface area contributed by atoms with Crippen LogP contribution in [-0.4, -0.2) is 40.8 Å². The number of rotatable bonds is 9. The van der Waals surface area contributed by atoms with Gasteiger partial charge in [-0.3, -0.25) is 9.59 Å². The summed E-state index contributed by atoms with van der Waals surface area (Å²) in [4.78, 5) is 35.0. The summed E-state index contributed by atoms with van der Waals surface area (Å²) in [6.07, 6.45) is 0.0662. The second-order valence-corrected chi connectivity index (χ2v) is 7.85. The standard InChI is InChI=1S/C20H29NO6/c1-19(2,3)26-13-12-20(4,5)27-18(25)14-8-6-7-9-15(14)21-16(22)10-11-17(23)24/h6-9H,10-13H2,1-5H3,(H,21,22)(H,23,24). The number of aliphatic carboxylic acids is 1. The number of benzene rings is 1. The van der Waals surface area contributed by atoms with Crippen molar-refractivity contribution in [2.75, 3.05) is 11.9 Å². The van der Waals surface area contributed by atoms with Crippen molar-refractivity contribution in [3.05, 3.63) is 29.8 Å². The number of para-hydroxylation sites is 1. The molecule has 7 nitrogen and oxygen atoms in total. The Kier molecular flexibility index (Phi) is 7.97. The topological polar surface area (TPSA) is 102 Å². The number of ether oxygens (including phenoxy) is 2. The van der Waals surface area contributed by atoms with E-state index in [9.17, 15) is 14.4 Å². The quantitative estimate of drug-likeness (QED) is 0.635. The van der Waals surface area contributed by atoms with Gasteiger partial charge in [-0.2, -0.15) is 0 Å². The van der Waals surface area contributed by atoms with E-state index >= 15 is 0 Å². The van der Waals surface area contributed by atoms with E-state index < -0.39 is 23.4 Å². The van der Waals surface area contributed by atoms with Crippen molar-refractivity contribution in [2.24, 2.45) is 0 Å². The Balaban J connectivity index is 2.74. The third kappa shape index (κ3) is 9.19. The lowest BCUT2D eigenvalue weighted by atomic mass is 10.0. The Hall–Kier alpha value is -2.41. The molecule has 0 aliphatic heterocycles. The molecule has 0 aliphatic rings. The van der Waals surface area contributed by atoms with Crippen molar-refractivity contribution in [1.29, 1.82) is 0 Å². The minimum atomic E-state index is -1.06. The lowest BCUT2D eigenvalue weighted by Crippen LogP contribution is -2.32. The van der Waals surface area contributed by atoms with E-state index in [2.05, 4.69) is 5.32 Å². The highest BCUT2D eigenvalue weighted by Gasteiger charge is 2.26. The summed E-state index contributed by atoms with van der Waals surface area (Å²) >= 11 is 0. The number of amides is 1. The average molecular weight is 379 g/mol. The maximum atomic E-state index is 12.6. The highest BCUT2D eigenvalue weighted by atomic mass is 16.6. The molecule has 0 spiro atoms. The molecule has 1 amide bonds. The van der Waals surface area contributed by atoms with Crippen molar-refractivity contribution in [3.8, 4) is 0 Å². The van der Waals surface area contributed by atoms with Crippen molar-refractivity contribution < 1.29 is 29.0 Å². The van der Waals surface area contributed by atoms with Crippen LogP contribution < -0.4 is 5.32 Å². The first-order chi connectivity index (χ1) is 12.4. The number of nitrogens with one attached hydrogen (secondary N) is 1. The van der Waals surface area contributed by atoms with Crippen molar-refractivity contribution in [3.63, 3.8) is 0 Å². The largest absolute Gasteiger partial charge is 0.481 e. The molecule has 0 unspecified atom stereocenters. The zero-order chi connectivity index (χ0) is 20.7. The zero-order valence-corrected chi connectivity index (χ0v) is 16.6. The Morgan fingerprint density at radius 1 is 1.04 bits per heavy atom. The van der Waals surface area contributed by atoms with Gasteiger partial charge in [0.1, 0.15) is 5.60 Å². The van der Waals surface area contributed by atoms with Gasteiger partial charge in [0.25, 0.3) is 0 Å². The number of carboxylic acids is 1. The van der Waals surface area contributed by atoms with E-state index in [1.165, 1.54) is 0 Å². The summed E-state index contributed by atoms with van der Waals surface area (Å²) in [5.74, 6) is -2.10. The molecule has 0 radical (unpaired) electrons. The van der Waals surface area contributed by atoms with Crippen LogP contribution in [0.25, 0.3) is 0 Å². The highest BCUT2D eigenvalue weighted by Crippen LogP contribution is 2.23. The maximum Gasteiger partial charge on any atom is 0.340 e. The summed E-state index contributed by atoms with van der Waals surface area (Å²) in [6, 6.07) is 6.47. The summed E-state index contributed by atoms with van der Waals surface area (Å²) < 4.78 is 11.3. The van der Waals surface area contributed by atoms with Gasteiger partial charge in [-0.05, 0) is 46.8 Å². The predicted octanol–water partition coefficient (Wildman–Crippen LogP) is 3.63. The molecule has 1 rings (SSSR count). The van der Waals surface area contributed by atoms with Gasteiger partial charge in [-0.25, -0.2) is 4.79 Å². The Labute approximate surface area is 160 Å². The Morgan fingerprint density at radius 2 is 1.67 bits per heavy atom. The minimum Gasteiger partial charge on any atom is -0.481 e. The van der Waals surface area contributed by atoms with Crippen molar-refractivity contribution in [2.45, 2.75) is 65.1 Å². The van der Waals surface area contributed by atoms with Crippen LogP contribution in [0.3, 0.4) is 0 Å². The van der Waals surface area contributed by atoms with Crippen LogP contribution in [-0.2, 0) is 19.1 Å². The van der Waals surface area contributed by atoms with Crippen LogP contribution in [0.15, 0.2) is 24.3 Å². The summed E-state index contributed by atoms with van der Waals surface area (Å²) in [5.41, 5.74) is -0.513. The van der Waals surface area contributed by atoms with Gasteiger partial charge in [0.15, 0.2) is 0 Å². The molecule has 1 aromatic carbocycles. The summed E-state index contributed by atoms with van der Waals surface area (Å²) in [7, 11) is 0. The number of hydrogen-bond acceptors (Lipinski definition) is 5. The molecule has 2 N–H and O–H groups in total. The Morgan fingerprint density at radius 3 is 2.26 bits per heavy atom. The fourth-order valence-corrected chi connectivity index (χ4v) is 2.16. The van der Waals surface area contributed by atoms with E-state index in [-0.39, 0.29) is 24.0 Å². The summed E-state index contributed by atoms with van der Waals surface area (Å²) in [6.45, 7) is 9.90. The normalized spacial score (nSPS) is 11.7.